The molecule has 0 fully saturated rings. The lowest BCUT2D eigenvalue weighted by Gasteiger charge is -2.00. The van der Waals surface area contributed by atoms with Crippen molar-refractivity contribution in [3.05, 3.63) is 48.3 Å². The zero-order chi connectivity index (χ0) is 11.4. The first-order valence-electron chi connectivity index (χ1n) is 5.35. The summed E-state index contributed by atoms with van der Waals surface area (Å²) in [6, 6.07) is 8.02. The van der Waals surface area contributed by atoms with Crippen LogP contribution in [0.1, 0.15) is 18.9 Å². The Balaban J connectivity index is 2.45. The third-order valence-corrected chi connectivity index (χ3v) is 2.50. The smallest absolute Gasteiger partial charge is 0.155 e. The first-order chi connectivity index (χ1) is 7.81. The second-order valence-electron chi connectivity index (χ2n) is 3.60. The van der Waals surface area contributed by atoms with Crippen LogP contribution in [0.5, 0.6) is 0 Å². The zero-order valence-corrected chi connectivity index (χ0v) is 9.18. The number of rotatable bonds is 3. The van der Waals surface area contributed by atoms with E-state index in [4.69, 9.17) is 0 Å². The first-order valence-corrected chi connectivity index (χ1v) is 5.35. The molecule has 0 N–H and O–H groups in total. The Morgan fingerprint density at radius 1 is 1.31 bits per heavy atom. The minimum atomic E-state index is 0.132. The second-order valence-corrected chi connectivity index (χ2v) is 3.60. The minimum absolute atomic E-state index is 0.132. The summed E-state index contributed by atoms with van der Waals surface area (Å²) in [5, 5.41) is 2.21. The average Bonchev–Trinajstić information content (AvgIpc) is 2.35. The number of hydrogen-bond acceptors (Lipinski definition) is 2. The highest BCUT2D eigenvalue weighted by molar-refractivity contribution is 5.97. The van der Waals surface area contributed by atoms with Gasteiger partial charge in [0.1, 0.15) is 0 Å². The van der Waals surface area contributed by atoms with Gasteiger partial charge in [-0.2, -0.15) is 0 Å². The van der Waals surface area contributed by atoms with Gasteiger partial charge in [0, 0.05) is 29.8 Å². The van der Waals surface area contributed by atoms with Crippen molar-refractivity contribution in [2.75, 3.05) is 0 Å². The number of allylic oxidation sites excluding steroid dienone is 1. The van der Waals surface area contributed by atoms with Gasteiger partial charge in [-0.1, -0.05) is 31.2 Å². The molecule has 1 aromatic heterocycles. The van der Waals surface area contributed by atoms with E-state index in [1.54, 1.807) is 12.3 Å². The number of carbonyl (C=O) groups is 1. The summed E-state index contributed by atoms with van der Waals surface area (Å²) < 4.78 is 0. The number of pyridine rings is 1. The van der Waals surface area contributed by atoms with Gasteiger partial charge in [-0.3, -0.25) is 9.78 Å². The quantitative estimate of drug-likeness (QED) is 0.729. The van der Waals surface area contributed by atoms with Crippen LogP contribution < -0.4 is 0 Å². The number of ketones is 1. The predicted molar refractivity (Wildman–Crippen MR) is 66.1 cm³/mol. The molecule has 2 nitrogen and oxygen atoms in total. The fourth-order valence-corrected chi connectivity index (χ4v) is 1.57. The highest BCUT2D eigenvalue weighted by atomic mass is 16.1. The van der Waals surface area contributed by atoms with Crippen molar-refractivity contribution in [3.63, 3.8) is 0 Å². The Morgan fingerprint density at radius 2 is 2.12 bits per heavy atom. The largest absolute Gasteiger partial charge is 0.295 e. The van der Waals surface area contributed by atoms with Gasteiger partial charge in [0.2, 0.25) is 0 Å². The molecule has 2 heteroatoms. The highest BCUT2D eigenvalue weighted by Crippen LogP contribution is 2.18. The van der Waals surface area contributed by atoms with Crippen LogP contribution in [0, 0.1) is 0 Å². The molecule has 0 spiro atoms. The molecule has 1 aromatic carbocycles. The van der Waals surface area contributed by atoms with E-state index in [0.29, 0.717) is 6.42 Å². The van der Waals surface area contributed by atoms with Gasteiger partial charge in [-0.05, 0) is 17.5 Å². The summed E-state index contributed by atoms with van der Waals surface area (Å²) >= 11 is 0. The molecule has 0 saturated carbocycles. The van der Waals surface area contributed by atoms with Gasteiger partial charge in [0.05, 0.1) is 0 Å². The maximum absolute atomic E-state index is 11.2. The van der Waals surface area contributed by atoms with E-state index >= 15 is 0 Å². The number of fused-ring (bicyclic) bond motifs is 1. The topological polar surface area (TPSA) is 30.0 Å². The fourth-order valence-electron chi connectivity index (χ4n) is 1.57. The summed E-state index contributed by atoms with van der Waals surface area (Å²) in [6.07, 6.45) is 7.59. The SMILES string of the molecule is CCC(=O)C=Cc1cncc2ccccc12. The van der Waals surface area contributed by atoms with Crippen molar-refractivity contribution in [2.45, 2.75) is 13.3 Å². The van der Waals surface area contributed by atoms with Crippen LogP contribution in [0.15, 0.2) is 42.7 Å². The molecular weight excluding hydrogens is 198 g/mol. The Labute approximate surface area is 94.6 Å². The van der Waals surface area contributed by atoms with Crippen molar-refractivity contribution in [1.82, 2.24) is 4.98 Å². The summed E-state index contributed by atoms with van der Waals surface area (Å²) in [5.74, 6) is 0.132. The van der Waals surface area contributed by atoms with Crippen molar-refractivity contribution in [2.24, 2.45) is 0 Å². The number of nitrogens with zero attached hydrogens (tertiary/aromatic N) is 1. The Kier molecular flexibility index (Phi) is 3.10. The molecule has 0 radical (unpaired) electrons. The monoisotopic (exact) mass is 211 g/mol. The number of aromatic nitrogens is 1. The van der Waals surface area contributed by atoms with Crippen LogP contribution in [0.3, 0.4) is 0 Å². The Hall–Kier alpha value is -1.96. The third-order valence-electron chi connectivity index (χ3n) is 2.50. The molecule has 0 saturated heterocycles. The number of carbonyl (C=O) groups excluding carboxylic acids is 1. The molecule has 0 atom stereocenters. The van der Waals surface area contributed by atoms with Gasteiger partial charge in [-0.15, -0.1) is 0 Å². The molecule has 16 heavy (non-hydrogen) atoms. The zero-order valence-electron chi connectivity index (χ0n) is 9.18. The van der Waals surface area contributed by atoms with E-state index in [-0.39, 0.29) is 5.78 Å². The van der Waals surface area contributed by atoms with Crippen LogP contribution in [0.2, 0.25) is 0 Å². The lowest BCUT2D eigenvalue weighted by molar-refractivity contribution is -0.114. The van der Waals surface area contributed by atoms with Gasteiger partial charge in [-0.25, -0.2) is 0 Å². The molecule has 0 bridgehead atoms. The first kappa shape index (κ1) is 10.6. The molecule has 80 valence electrons. The van der Waals surface area contributed by atoms with E-state index < -0.39 is 0 Å². The van der Waals surface area contributed by atoms with Crippen molar-refractivity contribution in [1.29, 1.82) is 0 Å². The lowest BCUT2D eigenvalue weighted by atomic mass is 10.1. The number of hydrogen-bond donors (Lipinski definition) is 0. The summed E-state index contributed by atoms with van der Waals surface area (Å²) in [5.41, 5.74) is 0.986. The van der Waals surface area contributed by atoms with Crippen molar-refractivity contribution < 1.29 is 4.79 Å². The molecule has 1 heterocycles. The van der Waals surface area contributed by atoms with Crippen LogP contribution in [-0.4, -0.2) is 10.8 Å². The summed E-state index contributed by atoms with van der Waals surface area (Å²) in [4.78, 5) is 15.4. The van der Waals surface area contributed by atoms with Crippen LogP contribution in [0.4, 0.5) is 0 Å². The minimum Gasteiger partial charge on any atom is -0.295 e. The number of benzene rings is 1. The van der Waals surface area contributed by atoms with Gasteiger partial charge in [0.15, 0.2) is 5.78 Å². The van der Waals surface area contributed by atoms with Gasteiger partial charge >= 0.3 is 0 Å². The average molecular weight is 211 g/mol. The third kappa shape index (κ3) is 2.16. The molecule has 2 aromatic rings. The van der Waals surface area contributed by atoms with Crippen LogP contribution >= 0.6 is 0 Å². The van der Waals surface area contributed by atoms with E-state index in [1.165, 1.54) is 0 Å². The Morgan fingerprint density at radius 3 is 2.94 bits per heavy atom. The Bertz CT molecular complexity index is 538. The van der Waals surface area contributed by atoms with Gasteiger partial charge < -0.3 is 0 Å². The fraction of sp³-hybridized carbons (Fsp3) is 0.143. The standard InChI is InChI=1S/C14H13NO/c1-2-13(16)8-7-12-10-15-9-11-5-3-4-6-14(11)12/h3-10H,2H2,1H3. The predicted octanol–water partition coefficient (Wildman–Crippen LogP) is 3.23. The molecule has 2 rings (SSSR count). The van der Waals surface area contributed by atoms with E-state index in [2.05, 4.69) is 4.98 Å². The van der Waals surface area contributed by atoms with E-state index in [1.807, 2.05) is 43.5 Å². The van der Waals surface area contributed by atoms with E-state index in [9.17, 15) is 4.79 Å². The summed E-state index contributed by atoms with van der Waals surface area (Å²) in [6.45, 7) is 1.86. The molecule has 0 amide bonds. The molecule has 0 aliphatic rings. The van der Waals surface area contributed by atoms with Gasteiger partial charge in [0.25, 0.3) is 0 Å². The molecule has 0 unspecified atom stereocenters. The van der Waals surface area contributed by atoms with Crippen molar-refractivity contribution >= 4 is 22.6 Å². The maximum Gasteiger partial charge on any atom is 0.155 e. The van der Waals surface area contributed by atoms with Crippen LogP contribution in [-0.2, 0) is 4.79 Å². The molecule has 0 aliphatic carbocycles. The van der Waals surface area contributed by atoms with E-state index in [0.717, 1.165) is 16.3 Å². The van der Waals surface area contributed by atoms with Crippen LogP contribution in [0.25, 0.3) is 16.8 Å². The summed E-state index contributed by atoms with van der Waals surface area (Å²) in [7, 11) is 0. The molecule has 0 aliphatic heterocycles. The second kappa shape index (κ2) is 4.71. The lowest BCUT2D eigenvalue weighted by Crippen LogP contribution is -1.87. The normalized spacial score (nSPS) is 11.1. The highest BCUT2D eigenvalue weighted by Gasteiger charge is 1.98. The molecular formula is C14H13NO. The van der Waals surface area contributed by atoms with Crippen molar-refractivity contribution in [3.8, 4) is 0 Å². The maximum atomic E-state index is 11.2.